The number of nitrogens with zero attached hydrogens (tertiary/aromatic N) is 4. The zero-order valence-corrected chi connectivity index (χ0v) is 16.3. The molecule has 2 aliphatic rings. The van der Waals surface area contributed by atoms with Gasteiger partial charge in [-0.15, -0.1) is 0 Å². The van der Waals surface area contributed by atoms with Gasteiger partial charge in [-0.25, -0.2) is 10.4 Å². The van der Waals surface area contributed by atoms with E-state index in [1.165, 1.54) is 0 Å². The molecule has 0 aliphatic carbocycles. The summed E-state index contributed by atoms with van der Waals surface area (Å²) < 4.78 is 8.58. The van der Waals surface area contributed by atoms with Crippen LogP contribution < -0.4 is 5.43 Å². The molecule has 0 spiro atoms. The zero-order chi connectivity index (χ0) is 18.3. The van der Waals surface area contributed by atoms with Gasteiger partial charge in [-0.3, -0.25) is 9.99 Å². The number of ether oxygens (including phenoxy) is 1. The molecule has 8 nitrogen and oxygen atoms in total. The van der Waals surface area contributed by atoms with Crippen LogP contribution in [-0.4, -0.2) is 49.4 Å². The number of aliphatic hydroxyl groups is 2. The van der Waals surface area contributed by atoms with Gasteiger partial charge in [0, 0.05) is 34.3 Å². The van der Waals surface area contributed by atoms with E-state index < -0.39 is 24.5 Å². The van der Waals surface area contributed by atoms with E-state index in [4.69, 9.17) is 4.74 Å². The number of pyridine rings is 1. The van der Waals surface area contributed by atoms with Gasteiger partial charge in [0.15, 0.2) is 6.23 Å². The maximum absolute atomic E-state index is 10.3. The van der Waals surface area contributed by atoms with Gasteiger partial charge in [-0.2, -0.15) is 0 Å². The van der Waals surface area contributed by atoms with Gasteiger partial charge in [-0.1, -0.05) is 6.07 Å². The Balaban J connectivity index is 1.51. The number of halogens is 1. The van der Waals surface area contributed by atoms with E-state index in [1.807, 2.05) is 34.1 Å². The summed E-state index contributed by atoms with van der Waals surface area (Å²) in [5.74, 6) is 0.749. The van der Waals surface area contributed by atoms with Crippen LogP contribution in [0.2, 0.25) is 0 Å². The second-order valence-corrected chi connectivity index (χ2v) is 7.63. The van der Waals surface area contributed by atoms with Crippen LogP contribution in [0, 0.1) is 3.57 Å². The molecule has 2 aromatic rings. The first-order chi connectivity index (χ1) is 12.5. The van der Waals surface area contributed by atoms with Gasteiger partial charge in [0.25, 0.3) is 0 Å². The first-order valence-electron chi connectivity index (χ1n) is 8.38. The summed E-state index contributed by atoms with van der Waals surface area (Å²) in [6.07, 6.45) is 4.28. The first kappa shape index (κ1) is 17.9. The molecule has 138 valence electrons. The summed E-state index contributed by atoms with van der Waals surface area (Å²) in [4.78, 5) is 8.66. The number of hydrazine groups is 1. The fourth-order valence-electron chi connectivity index (χ4n) is 3.19. The highest BCUT2D eigenvalue weighted by atomic mass is 127. The lowest BCUT2D eigenvalue weighted by molar-refractivity contribution is -0.0309. The summed E-state index contributed by atoms with van der Waals surface area (Å²) in [6.45, 7) is 3.05. The molecular formula is C17H20IN5O3. The monoisotopic (exact) mass is 469 g/mol. The molecule has 1 fully saturated rings. The number of hydrogen-bond acceptors (Lipinski definition) is 7. The molecule has 3 N–H and O–H groups in total. The number of hydrogen-bond donors (Lipinski definition) is 3. The van der Waals surface area contributed by atoms with E-state index in [9.17, 15) is 10.2 Å². The molecule has 4 rings (SSSR count). The zero-order valence-electron chi connectivity index (χ0n) is 14.2. The molecule has 0 unspecified atom stereocenters. The van der Waals surface area contributed by atoms with Crippen molar-refractivity contribution in [2.24, 2.45) is 4.99 Å². The van der Waals surface area contributed by atoms with Gasteiger partial charge >= 0.3 is 0 Å². The number of aliphatic imine (C=N–C) groups is 1. The van der Waals surface area contributed by atoms with Crippen molar-refractivity contribution < 1.29 is 14.9 Å². The Morgan fingerprint density at radius 1 is 1.38 bits per heavy atom. The molecule has 1 saturated heterocycles. The Morgan fingerprint density at radius 3 is 2.92 bits per heavy atom. The van der Waals surface area contributed by atoms with Crippen molar-refractivity contribution in [3.05, 3.63) is 45.4 Å². The lowest BCUT2D eigenvalue weighted by Gasteiger charge is -2.25. The third-order valence-corrected chi connectivity index (χ3v) is 5.59. The maximum atomic E-state index is 10.3. The summed E-state index contributed by atoms with van der Waals surface area (Å²) in [7, 11) is 0. The minimum Gasteiger partial charge on any atom is -0.388 e. The predicted octanol–water partition coefficient (Wildman–Crippen LogP) is 1.31. The van der Waals surface area contributed by atoms with Gasteiger partial charge in [0.05, 0.1) is 12.6 Å². The van der Waals surface area contributed by atoms with Crippen molar-refractivity contribution in [1.29, 1.82) is 0 Å². The van der Waals surface area contributed by atoms with E-state index in [0.29, 0.717) is 13.1 Å². The number of aliphatic hydroxyl groups excluding tert-OH is 2. The highest BCUT2D eigenvalue weighted by Crippen LogP contribution is 2.38. The van der Waals surface area contributed by atoms with Crippen LogP contribution in [0.25, 0.3) is 0 Å². The Hall–Kier alpha value is -1.53. The summed E-state index contributed by atoms with van der Waals surface area (Å²) >= 11 is 2.26. The molecule has 4 heterocycles. The fourth-order valence-corrected chi connectivity index (χ4v) is 3.91. The molecule has 0 bridgehead atoms. The Kier molecular flexibility index (Phi) is 4.97. The van der Waals surface area contributed by atoms with E-state index in [2.05, 4.69) is 38.0 Å². The van der Waals surface area contributed by atoms with Gasteiger partial charge in [0.2, 0.25) is 0 Å². The van der Waals surface area contributed by atoms with Crippen LogP contribution >= 0.6 is 22.6 Å². The average Bonchev–Trinajstić information content (AvgIpc) is 3.12. The molecule has 4 atom stereocenters. The lowest BCUT2D eigenvalue weighted by atomic mass is 10.1. The molecule has 0 aromatic carbocycles. The van der Waals surface area contributed by atoms with Crippen LogP contribution in [0.1, 0.15) is 24.3 Å². The highest BCUT2D eigenvalue weighted by molar-refractivity contribution is 14.1. The second-order valence-electron chi connectivity index (χ2n) is 6.47. The summed E-state index contributed by atoms with van der Waals surface area (Å²) in [5.41, 5.74) is 5.46. The van der Waals surface area contributed by atoms with Crippen molar-refractivity contribution in [3.8, 4) is 0 Å². The number of aromatic nitrogens is 2. The van der Waals surface area contributed by atoms with Crippen molar-refractivity contribution in [1.82, 2.24) is 20.0 Å². The SMILES string of the molecule is C[C@H]1O[C@@H](n2cc(I)c3c2N=CN(NCc2cccnc2)C3)[C@H](O)[C@@H]1O. The van der Waals surface area contributed by atoms with Crippen molar-refractivity contribution in [2.45, 2.75) is 44.6 Å². The lowest BCUT2D eigenvalue weighted by Crippen LogP contribution is -2.37. The number of nitrogens with one attached hydrogen (secondary N) is 1. The number of rotatable bonds is 4. The van der Waals surface area contributed by atoms with Crippen molar-refractivity contribution >= 4 is 34.7 Å². The standard InChI is InChI=1S/C17H20IN5O3/c1-10-14(24)15(25)17(26-10)23-8-13(18)12-7-22(9-20-16(12)23)21-6-11-3-2-4-19-5-11/h2-5,8-10,14-15,17,21,24-25H,6-7H2,1H3/t10-,14-,15-,17-/m1/s1. The maximum Gasteiger partial charge on any atom is 0.164 e. The van der Waals surface area contributed by atoms with Crippen LogP contribution in [0.3, 0.4) is 0 Å². The van der Waals surface area contributed by atoms with Gasteiger partial charge in [-0.05, 0) is 41.1 Å². The number of fused-ring (bicyclic) bond motifs is 1. The van der Waals surface area contributed by atoms with E-state index >= 15 is 0 Å². The molecule has 26 heavy (non-hydrogen) atoms. The average molecular weight is 469 g/mol. The van der Waals surface area contributed by atoms with E-state index in [1.54, 1.807) is 19.5 Å². The molecule has 0 radical (unpaired) electrons. The third-order valence-electron chi connectivity index (χ3n) is 4.66. The topological polar surface area (TPSA) is 95.1 Å². The fraction of sp³-hybridized carbons (Fsp3) is 0.412. The van der Waals surface area contributed by atoms with Crippen LogP contribution in [0.15, 0.2) is 35.7 Å². The van der Waals surface area contributed by atoms with Crippen LogP contribution in [-0.2, 0) is 17.8 Å². The Bertz CT molecular complexity index is 812. The van der Waals surface area contributed by atoms with Crippen molar-refractivity contribution in [2.75, 3.05) is 0 Å². The molecule has 2 aliphatic heterocycles. The second kappa shape index (κ2) is 7.24. The molecular weight excluding hydrogens is 449 g/mol. The smallest absolute Gasteiger partial charge is 0.164 e. The molecule has 0 saturated carbocycles. The van der Waals surface area contributed by atoms with Gasteiger partial charge in [0.1, 0.15) is 24.4 Å². The van der Waals surface area contributed by atoms with E-state index in [0.717, 1.165) is 20.5 Å². The van der Waals surface area contributed by atoms with Crippen LogP contribution in [0.5, 0.6) is 0 Å². The minimum atomic E-state index is -0.978. The highest BCUT2D eigenvalue weighted by Gasteiger charge is 2.42. The quantitative estimate of drug-likeness (QED) is 0.585. The minimum absolute atomic E-state index is 0.420. The Morgan fingerprint density at radius 2 is 2.23 bits per heavy atom. The largest absolute Gasteiger partial charge is 0.388 e. The van der Waals surface area contributed by atoms with E-state index in [-0.39, 0.29) is 0 Å². The predicted molar refractivity (Wildman–Crippen MR) is 104 cm³/mol. The van der Waals surface area contributed by atoms with Gasteiger partial charge < -0.3 is 19.5 Å². The molecule has 0 amide bonds. The van der Waals surface area contributed by atoms with Crippen LogP contribution in [0.4, 0.5) is 5.82 Å². The Labute approximate surface area is 164 Å². The first-order valence-corrected chi connectivity index (χ1v) is 9.46. The van der Waals surface area contributed by atoms with Crippen molar-refractivity contribution in [3.63, 3.8) is 0 Å². The molecule has 2 aromatic heterocycles. The third kappa shape index (κ3) is 3.25. The summed E-state index contributed by atoms with van der Waals surface area (Å²) in [5, 5.41) is 22.2. The normalized spacial score (nSPS) is 27.8. The molecule has 9 heteroatoms. The summed E-state index contributed by atoms with van der Waals surface area (Å²) in [6, 6.07) is 3.92.